The van der Waals surface area contributed by atoms with Gasteiger partial charge in [-0.3, -0.25) is 4.79 Å². The van der Waals surface area contributed by atoms with Gasteiger partial charge in [0.1, 0.15) is 0 Å². The summed E-state index contributed by atoms with van der Waals surface area (Å²) in [6.07, 6.45) is 0.364. The summed E-state index contributed by atoms with van der Waals surface area (Å²) in [5.41, 5.74) is 1.63. The summed E-state index contributed by atoms with van der Waals surface area (Å²) in [6, 6.07) is 8.64. The number of likely N-dealkylation sites (N-methyl/N-ethyl adjacent to an activating group) is 1. The fourth-order valence-electron chi connectivity index (χ4n) is 2.92. The van der Waals surface area contributed by atoms with E-state index in [2.05, 4.69) is 9.97 Å². The van der Waals surface area contributed by atoms with Crippen LogP contribution in [0, 0.1) is 6.92 Å². The molecule has 1 aromatic heterocycles. The van der Waals surface area contributed by atoms with E-state index in [1.807, 2.05) is 30.3 Å². The molecule has 0 unspecified atom stereocenters. The van der Waals surface area contributed by atoms with Gasteiger partial charge in [-0.15, -0.1) is 0 Å². The normalized spacial score (nSPS) is 21.9. The Kier molecular flexibility index (Phi) is 4.57. The van der Waals surface area contributed by atoms with Gasteiger partial charge >= 0.3 is 0 Å². The van der Waals surface area contributed by atoms with E-state index in [0.717, 1.165) is 5.56 Å². The predicted octanol–water partition coefficient (Wildman–Crippen LogP) is 0.682. The maximum Gasteiger partial charge on any atom is 0.257 e. The number of sulfone groups is 1. The van der Waals surface area contributed by atoms with Crippen LogP contribution < -0.4 is 0 Å². The Hall–Kier alpha value is -2.32. The molecule has 25 heavy (non-hydrogen) atoms. The van der Waals surface area contributed by atoms with Crippen molar-refractivity contribution in [3.05, 3.63) is 47.8 Å². The van der Waals surface area contributed by atoms with Crippen molar-refractivity contribution in [3.8, 4) is 11.4 Å². The van der Waals surface area contributed by atoms with Crippen LogP contribution in [-0.4, -0.2) is 65.0 Å². The lowest BCUT2D eigenvalue weighted by Crippen LogP contribution is -2.44. The summed E-state index contributed by atoms with van der Waals surface area (Å²) in [6.45, 7) is 1.71. The molecule has 2 atom stereocenters. The highest BCUT2D eigenvalue weighted by Crippen LogP contribution is 2.21. The third kappa shape index (κ3) is 3.54. The van der Waals surface area contributed by atoms with Crippen molar-refractivity contribution in [2.24, 2.45) is 0 Å². The standard InChI is InChI=1S/C17H19N3O4S/c1-11-13(8-18-16(19-11)12-6-4-3-5-7-12)17(22)20(2)14-9-25(23,24)10-15(14)21/h3-8,14-15,21H,9-10H2,1-2H3/t14-,15-/m1/s1. The van der Waals surface area contributed by atoms with Crippen LogP contribution in [0.1, 0.15) is 16.1 Å². The molecule has 1 fully saturated rings. The van der Waals surface area contributed by atoms with Gasteiger partial charge in [-0.05, 0) is 6.92 Å². The van der Waals surface area contributed by atoms with Gasteiger partial charge in [0, 0.05) is 18.8 Å². The molecule has 0 radical (unpaired) electrons. The molecule has 0 spiro atoms. The largest absolute Gasteiger partial charge is 0.390 e. The molecule has 3 rings (SSSR count). The fraction of sp³-hybridized carbons (Fsp3) is 0.353. The van der Waals surface area contributed by atoms with Crippen molar-refractivity contribution in [2.45, 2.75) is 19.1 Å². The minimum atomic E-state index is -3.33. The molecule has 1 N–H and O–H groups in total. The first-order valence-corrected chi connectivity index (χ1v) is 9.65. The number of aryl methyl sites for hydroxylation is 1. The Morgan fingerprint density at radius 1 is 1.24 bits per heavy atom. The van der Waals surface area contributed by atoms with Crippen molar-refractivity contribution in [3.63, 3.8) is 0 Å². The lowest BCUT2D eigenvalue weighted by Gasteiger charge is -2.26. The number of aromatic nitrogens is 2. The molecule has 8 heteroatoms. The summed E-state index contributed by atoms with van der Waals surface area (Å²) in [5.74, 6) is -0.449. The maximum absolute atomic E-state index is 12.7. The molecule has 1 aliphatic heterocycles. The van der Waals surface area contributed by atoms with E-state index in [0.29, 0.717) is 17.1 Å². The third-order valence-corrected chi connectivity index (χ3v) is 6.05. The molecule has 0 saturated carbocycles. The van der Waals surface area contributed by atoms with Gasteiger partial charge in [0.05, 0.1) is 34.9 Å². The molecule has 7 nitrogen and oxygen atoms in total. The number of carbonyl (C=O) groups excluding carboxylic acids is 1. The van der Waals surface area contributed by atoms with Crippen molar-refractivity contribution in [1.82, 2.24) is 14.9 Å². The van der Waals surface area contributed by atoms with Crippen LogP contribution in [0.15, 0.2) is 36.5 Å². The highest BCUT2D eigenvalue weighted by molar-refractivity contribution is 7.91. The van der Waals surface area contributed by atoms with Crippen molar-refractivity contribution >= 4 is 15.7 Å². The van der Waals surface area contributed by atoms with Crippen molar-refractivity contribution in [2.75, 3.05) is 18.6 Å². The Balaban J connectivity index is 1.85. The number of benzene rings is 1. The number of nitrogens with zero attached hydrogens (tertiary/aromatic N) is 3. The highest BCUT2D eigenvalue weighted by atomic mass is 32.2. The minimum Gasteiger partial charge on any atom is -0.390 e. The number of hydrogen-bond acceptors (Lipinski definition) is 6. The van der Waals surface area contributed by atoms with Crippen LogP contribution in [-0.2, 0) is 9.84 Å². The summed E-state index contributed by atoms with van der Waals surface area (Å²) >= 11 is 0. The lowest BCUT2D eigenvalue weighted by atomic mass is 10.1. The second-order valence-corrected chi connectivity index (χ2v) is 8.34. The van der Waals surface area contributed by atoms with Crippen LogP contribution in [0.5, 0.6) is 0 Å². The molecule has 0 aliphatic carbocycles. The number of amides is 1. The molecule has 1 aromatic carbocycles. The molecule has 0 bridgehead atoms. The number of carbonyl (C=O) groups is 1. The molecule has 1 aliphatic rings. The molecular formula is C17H19N3O4S. The van der Waals surface area contributed by atoms with Crippen molar-refractivity contribution in [1.29, 1.82) is 0 Å². The van der Waals surface area contributed by atoms with E-state index in [1.54, 1.807) is 6.92 Å². The zero-order valence-electron chi connectivity index (χ0n) is 14.0. The molecule has 132 valence electrons. The smallest absolute Gasteiger partial charge is 0.257 e. The highest BCUT2D eigenvalue weighted by Gasteiger charge is 2.40. The zero-order chi connectivity index (χ0) is 18.2. The topological polar surface area (TPSA) is 100 Å². The Bertz CT molecular complexity index is 899. The quantitative estimate of drug-likeness (QED) is 0.863. The Morgan fingerprint density at radius 2 is 1.92 bits per heavy atom. The first kappa shape index (κ1) is 17.5. The minimum absolute atomic E-state index is 0.238. The molecule has 2 aromatic rings. The summed E-state index contributed by atoms with van der Waals surface area (Å²) < 4.78 is 23.3. The SMILES string of the molecule is Cc1nc(-c2ccccc2)ncc1C(=O)N(C)[C@@H]1CS(=O)(=O)C[C@H]1O. The van der Waals surface area contributed by atoms with Crippen LogP contribution in [0.4, 0.5) is 0 Å². The number of aliphatic hydroxyl groups excluding tert-OH is 1. The van der Waals surface area contributed by atoms with Crippen LogP contribution in [0.25, 0.3) is 11.4 Å². The van der Waals surface area contributed by atoms with Crippen molar-refractivity contribution < 1.29 is 18.3 Å². The van der Waals surface area contributed by atoms with Crippen LogP contribution >= 0.6 is 0 Å². The van der Waals surface area contributed by atoms with E-state index in [-0.39, 0.29) is 11.5 Å². The van der Waals surface area contributed by atoms with E-state index >= 15 is 0 Å². The lowest BCUT2D eigenvalue weighted by molar-refractivity contribution is 0.0579. The zero-order valence-corrected chi connectivity index (χ0v) is 14.8. The van der Waals surface area contributed by atoms with Crippen LogP contribution in [0.3, 0.4) is 0 Å². The molecular weight excluding hydrogens is 342 g/mol. The summed E-state index contributed by atoms with van der Waals surface area (Å²) in [7, 11) is -1.85. The van der Waals surface area contributed by atoms with Gasteiger partial charge in [0.25, 0.3) is 5.91 Å². The second-order valence-electron chi connectivity index (χ2n) is 6.19. The third-order valence-electron chi connectivity index (χ3n) is 4.35. The number of aliphatic hydroxyl groups is 1. The maximum atomic E-state index is 12.7. The number of hydrogen-bond donors (Lipinski definition) is 1. The summed E-state index contributed by atoms with van der Waals surface area (Å²) in [5, 5.41) is 9.95. The van der Waals surface area contributed by atoms with Gasteiger partial charge < -0.3 is 10.0 Å². The number of rotatable bonds is 3. The monoisotopic (exact) mass is 361 g/mol. The first-order chi connectivity index (χ1) is 11.8. The molecule has 1 saturated heterocycles. The average molecular weight is 361 g/mol. The van der Waals surface area contributed by atoms with E-state index < -0.39 is 27.9 Å². The van der Waals surface area contributed by atoms with Gasteiger partial charge in [0.2, 0.25) is 0 Å². The average Bonchev–Trinajstić information content (AvgIpc) is 2.87. The Morgan fingerprint density at radius 3 is 2.48 bits per heavy atom. The first-order valence-electron chi connectivity index (χ1n) is 7.83. The van der Waals surface area contributed by atoms with E-state index in [9.17, 15) is 18.3 Å². The summed E-state index contributed by atoms with van der Waals surface area (Å²) in [4.78, 5) is 22.6. The predicted molar refractivity (Wildman–Crippen MR) is 92.7 cm³/mol. The van der Waals surface area contributed by atoms with E-state index in [4.69, 9.17) is 0 Å². The van der Waals surface area contributed by atoms with Gasteiger partial charge in [0.15, 0.2) is 15.7 Å². The van der Waals surface area contributed by atoms with Gasteiger partial charge in [-0.2, -0.15) is 0 Å². The van der Waals surface area contributed by atoms with Crippen LogP contribution in [0.2, 0.25) is 0 Å². The van der Waals surface area contributed by atoms with Gasteiger partial charge in [-0.1, -0.05) is 30.3 Å². The molecule has 1 amide bonds. The van der Waals surface area contributed by atoms with E-state index in [1.165, 1.54) is 18.1 Å². The fourth-order valence-corrected chi connectivity index (χ4v) is 4.77. The second kappa shape index (κ2) is 6.53. The Labute approximate surface area is 146 Å². The molecule has 2 heterocycles. The van der Waals surface area contributed by atoms with Gasteiger partial charge in [-0.25, -0.2) is 18.4 Å².